The molecule has 1 heterocycles. The SMILES string of the molecule is Cc1noc(C)c1COc1ccc(C(=O)Nc2cccc(NC(=O)C(C)(C)C)c2)cc1. The number of anilines is 2. The Morgan fingerprint density at radius 1 is 1.00 bits per heavy atom. The van der Waals surface area contributed by atoms with E-state index in [9.17, 15) is 9.59 Å². The molecule has 0 aliphatic rings. The summed E-state index contributed by atoms with van der Waals surface area (Å²) in [4.78, 5) is 24.8. The van der Waals surface area contributed by atoms with Crippen LogP contribution >= 0.6 is 0 Å². The Hall–Kier alpha value is -3.61. The van der Waals surface area contributed by atoms with E-state index in [0.717, 1.165) is 17.0 Å². The van der Waals surface area contributed by atoms with Gasteiger partial charge in [-0.15, -0.1) is 0 Å². The zero-order valence-electron chi connectivity index (χ0n) is 18.4. The fourth-order valence-electron chi connectivity index (χ4n) is 2.76. The lowest BCUT2D eigenvalue weighted by Crippen LogP contribution is -2.27. The number of aromatic nitrogens is 1. The summed E-state index contributed by atoms with van der Waals surface area (Å²) in [6, 6.07) is 13.9. The molecule has 7 heteroatoms. The Labute approximate surface area is 181 Å². The van der Waals surface area contributed by atoms with Crippen LogP contribution in [0.5, 0.6) is 5.75 Å². The predicted octanol–water partition coefficient (Wildman–Crippen LogP) is 5.11. The summed E-state index contributed by atoms with van der Waals surface area (Å²) in [7, 11) is 0. The van der Waals surface area contributed by atoms with Gasteiger partial charge in [-0.3, -0.25) is 9.59 Å². The van der Waals surface area contributed by atoms with Gasteiger partial charge in [0, 0.05) is 22.4 Å². The third kappa shape index (κ3) is 5.72. The highest BCUT2D eigenvalue weighted by atomic mass is 16.5. The molecule has 162 valence electrons. The second-order valence-electron chi connectivity index (χ2n) is 8.35. The Morgan fingerprint density at radius 3 is 2.23 bits per heavy atom. The van der Waals surface area contributed by atoms with E-state index >= 15 is 0 Å². The second-order valence-corrected chi connectivity index (χ2v) is 8.35. The van der Waals surface area contributed by atoms with E-state index in [2.05, 4.69) is 15.8 Å². The second kappa shape index (κ2) is 9.04. The number of hydrogen-bond donors (Lipinski definition) is 2. The number of hydrogen-bond acceptors (Lipinski definition) is 5. The summed E-state index contributed by atoms with van der Waals surface area (Å²) in [5.41, 5.74) is 2.92. The highest BCUT2D eigenvalue weighted by Crippen LogP contribution is 2.21. The maximum absolute atomic E-state index is 12.6. The molecule has 0 saturated carbocycles. The van der Waals surface area contributed by atoms with Gasteiger partial charge in [-0.2, -0.15) is 0 Å². The fourth-order valence-corrected chi connectivity index (χ4v) is 2.76. The molecule has 2 aromatic carbocycles. The van der Waals surface area contributed by atoms with Crippen LogP contribution < -0.4 is 15.4 Å². The summed E-state index contributed by atoms with van der Waals surface area (Å²) in [6.45, 7) is 9.59. The number of aryl methyl sites for hydroxylation is 2. The molecule has 0 fully saturated rings. The van der Waals surface area contributed by atoms with Crippen molar-refractivity contribution < 1.29 is 18.8 Å². The van der Waals surface area contributed by atoms with Gasteiger partial charge >= 0.3 is 0 Å². The molecule has 3 rings (SSSR count). The van der Waals surface area contributed by atoms with Crippen LogP contribution in [-0.4, -0.2) is 17.0 Å². The largest absolute Gasteiger partial charge is 0.489 e. The molecule has 0 unspecified atom stereocenters. The quantitative estimate of drug-likeness (QED) is 0.577. The third-order valence-corrected chi connectivity index (χ3v) is 4.74. The Bertz CT molecular complexity index is 1060. The van der Waals surface area contributed by atoms with Crippen molar-refractivity contribution in [1.82, 2.24) is 5.16 Å². The van der Waals surface area contributed by atoms with Gasteiger partial charge in [0.1, 0.15) is 18.1 Å². The molecule has 1 aromatic heterocycles. The summed E-state index contributed by atoms with van der Waals surface area (Å²) < 4.78 is 10.9. The van der Waals surface area contributed by atoms with Gasteiger partial charge in [0.25, 0.3) is 5.91 Å². The smallest absolute Gasteiger partial charge is 0.255 e. The lowest BCUT2D eigenvalue weighted by atomic mass is 9.95. The van der Waals surface area contributed by atoms with Gasteiger partial charge in [0.2, 0.25) is 5.91 Å². The molecule has 0 spiro atoms. The Morgan fingerprint density at radius 2 is 1.65 bits per heavy atom. The van der Waals surface area contributed by atoms with Crippen LogP contribution in [0.25, 0.3) is 0 Å². The average molecular weight is 421 g/mol. The molecule has 2 amide bonds. The van der Waals surface area contributed by atoms with E-state index in [1.165, 1.54) is 0 Å². The average Bonchev–Trinajstić information content (AvgIpc) is 3.04. The molecule has 0 bridgehead atoms. The summed E-state index contributed by atoms with van der Waals surface area (Å²) in [5, 5.41) is 9.61. The van der Waals surface area contributed by atoms with Gasteiger partial charge in [-0.25, -0.2) is 0 Å². The molecular weight excluding hydrogens is 394 g/mol. The lowest BCUT2D eigenvalue weighted by molar-refractivity contribution is -0.123. The molecule has 31 heavy (non-hydrogen) atoms. The van der Waals surface area contributed by atoms with Crippen molar-refractivity contribution in [2.75, 3.05) is 10.6 Å². The van der Waals surface area contributed by atoms with Crippen LogP contribution in [0.4, 0.5) is 11.4 Å². The van der Waals surface area contributed by atoms with Crippen molar-refractivity contribution in [1.29, 1.82) is 0 Å². The first-order valence-electron chi connectivity index (χ1n) is 10.0. The number of amides is 2. The third-order valence-electron chi connectivity index (χ3n) is 4.74. The maximum atomic E-state index is 12.6. The van der Waals surface area contributed by atoms with E-state index in [4.69, 9.17) is 9.26 Å². The van der Waals surface area contributed by atoms with E-state index in [1.807, 2.05) is 34.6 Å². The van der Waals surface area contributed by atoms with Crippen LogP contribution in [0, 0.1) is 19.3 Å². The molecule has 0 aliphatic carbocycles. The van der Waals surface area contributed by atoms with Crippen molar-refractivity contribution in [2.45, 2.75) is 41.2 Å². The van der Waals surface area contributed by atoms with Crippen LogP contribution in [-0.2, 0) is 11.4 Å². The molecule has 0 aliphatic heterocycles. The zero-order valence-corrected chi connectivity index (χ0v) is 18.4. The molecule has 3 aromatic rings. The topological polar surface area (TPSA) is 93.5 Å². The molecule has 0 radical (unpaired) electrons. The number of benzene rings is 2. The number of carbonyl (C=O) groups is 2. The van der Waals surface area contributed by atoms with E-state index in [1.54, 1.807) is 48.5 Å². The molecular formula is C24H27N3O4. The van der Waals surface area contributed by atoms with Crippen molar-refractivity contribution in [3.05, 3.63) is 71.1 Å². The van der Waals surface area contributed by atoms with Gasteiger partial charge in [0.15, 0.2) is 0 Å². The van der Waals surface area contributed by atoms with Crippen molar-refractivity contribution in [3.8, 4) is 5.75 Å². The highest BCUT2D eigenvalue weighted by Gasteiger charge is 2.21. The van der Waals surface area contributed by atoms with Crippen molar-refractivity contribution in [3.63, 3.8) is 0 Å². The van der Waals surface area contributed by atoms with Gasteiger partial charge in [-0.05, 0) is 56.3 Å². The van der Waals surface area contributed by atoms with E-state index < -0.39 is 5.41 Å². The Balaban J connectivity index is 1.61. The summed E-state index contributed by atoms with van der Waals surface area (Å²) in [6.07, 6.45) is 0. The number of ether oxygens (including phenoxy) is 1. The molecule has 7 nitrogen and oxygen atoms in total. The number of nitrogens with zero attached hydrogens (tertiary/aromatic N) is 1. The fraction of sp³-hybridized carbons (Fsp3) is 0.292. The number of rotatable bonds is 6. The van der Waals surface area contributed by atoms with Crippen LogP contribution in [0.2, 0.25) is 0 Å². The minimum Gasteiger partial charge on any atom is -0.489 e. The zero-order chi connectivity index (χ0) is 22.6. The van der Waals surface area contributed by atoms with Gasteiger partial charge in [-0.1, -0.05) is 32.0 Å². The lowest BCUT2D eigenvalue weighted by Gasteiger charge is -2.18. The van der Waals surface area contributed by atoms with E-state index in [-0.39, 0.29) is 11.8 Å². The predicted molar refractivity (Wildman–Crippen MR) is 119 cm³/mol. The first-order valence-corrected chi connectivity index (χ1v) is 10.0. The summed E-state index contributed by atoms with van der Waals surface area (Å²) in [5.74, 6) is 1.03. The minimum atomic E-state index is -0.505. The summed E-state index contributed by atoms with van der Waals surface area (Å²) >= 11 is 0. The van der Waals surface area contributed by atoms with Crippen LogP contribution in [0.15, 0.2) is 53.1 Å². The van der Waals surface area contributed by atoms with E-state index in [0.29, 0.717) is 29.3 Å². The monoisotopic (exact) mass is 421 g/mol. The first-order chi connectivity index (χ1) is 14.6. The van der Waals surface area contributed by atoms with Gasteiger partial charge < -0.3 is 19.9 Å². The molecule has 0 saturated heterocycles. The Kier molecular flexibility index (Phi) is 6.44. The number of nitrogens with one attached hydrogen (secondary N) is 2. The van der Waals surface area contributed by atoms with Crippen LogP contribution in [0.1, 0.15) is 48.1 Å². The molecule has 2 N–H and O–H groups in total. The standard InChI is InChI=1S/C24H27N3O4/c1-15-21(16(2)31-27-15)14-30-20-11-9-17(10-12-20)22(28)25-18-7-6-8-19(13-18)26-23(29)24(3,4)5/h6-13H,14H2,1-5H3,(H,25,28)(H,26,29). The van der Waals surface area contributed by atoms with Crippen molar-refractivity contribution >= 4 is 23.2 Å². The number of carbonyl (C=O) groups excluding carboxylic acids is 2. The molecule has 0 atom stereocenters. The highest BCUT2D eigenvalue weighted by molar-refractivity contribution is 6.04. The van der Waals surface area contributed by atoms with Crippen molar-refractivity contribution in [2.24, 2.45) is 5.41 Å². The normalized spacial score (nSPS) is 11.1. The first kappa shape index (κ1) is 22.1. The minimum absolute atomic E-state index is 0.0943. The van der Waals surface area contributed by atoms with Crippen LogP contribution in [0.3, 0.4) is 0 Å². The van der Waals surface area contributed by atoms with Gasteiger partial charge in [0.05, 0.1) is 11.3 Å². The maximum Gasteiger partial charge on any atom is 0.255 e.